The molecule has 1 aliphatic carbocycles. The van der Waals surface area contributed by atoms with Crippen molar-refractivity contribution in [3.05, 3.63) is 45.5 Å². The largest absolute Gasteiger partial charge is 0.331 e. The number of fused-ring (bicyclic) bond motifs is 1. The van der Waals surface area contributed by atoms with Crippen LogP contribution in [0.3, 0.4) is 0 Å². The number of pyridine rings is 1. The third-order valence-corrected chi connectivity index (χ3v) is 4.35. The van der Waals surface area contributed by atoms with E-state index in [2.05, 4.69) is 20.7 Å². The molecule has 2 heterocycles. The number of hydrogen-bond acceptors (Lipinski definition) is 3. The lowest BCUT2D eigenvalue weighted by Crippen LogP contribution is -2.36. The Labute approximate surface area is 146 Å². The Morgan fingerprint density at radius 1 is 1.36 bits per heavy atom. The molecule has 0 aliphatic heterocycles. The zero-order valence-electron chi connectivity index (χ0n) is 15.1. The second-order valence-corrected chi connectivity index (χ2v) is 7.55. The van der Waals surface area contributed by atoms with E-state index in [1.807, 2.05) is 44.5 Å². The fourth-order valence-electron chi connectivity index (χ4n) is 3.26. The zero-order chi connectivity index (χ0) is 18.2. The lowest BCUT2D eigenvalue weighted by molar-refractivity contribution is 0.246. The van der Waals surface area contributed by atoms with Crippen molar-refractivity contribution in [3.63, 3.8) is 0 Å². The normalized spacial score (nSPS) is 17.0. The van der Waals surface area contributed by atoms with Crippen LogP contribution in [-0.4, -0.2) is 20.8 Å². The van der Waals surface area contributed by atoms with Gasteiger partial charge < -0.3 is 10.3 Å². The number of carbonyl (C=O) groups is 1. The SMILES string of the molecule is Cc1cc(NC(=O)N[C@H]2CCCc3[nH]c(=O)ccc32)n(C(C)(C)C)n1. The van der Waals surface area contributed by atoms with Gasteiger partial charge in [-0.1, -0.05) is 0 Å². The van der Waals surface area contributed by atoms with Crippen LogP contribution in [0.4, 0.5) is 10.6 Å². The maximum atomic E-state index is 12.5. The first kappa shape index (κ1) is 17.3. The van der Waals surface area contributed by atoms with Crippen LogP contribution in [0, 0.1) is 6.92 Å². The van der Waals surface area contributed by atoms with Crippen molar-refractivity contribution in [3.8, 4) is 0 Å². The van der Waals surface area contributed by atoms with Crippen molar-refractivity contribution in [1.82, 2.24) is 20.1 Å². The van der Waals surface area contributed by atoms with Crippen LogP contribution >= 0.6 is 0 Å². The minimum atomic E-state index is -0.269. The van der Waals surface area contributed by atoms with Gasteiger partial charge in [-0.15, -0.1) is 0 Å². The predicted octanol–water partition coefficient (Wildman–Crippen LogP) is 2.83. The number of H-pyrrole nitrogens is 1. The molecule has 134 valence electrons. The summed E-state index contributed by atoms with van der Waals surface area (Å²) in [5.41, 5.74) is 2.42. The van der Waals surface area contributed by atoms with Crippen LogP contribution in [-0.2, 0) is 12.0 Å². The van der Waals surface area contributed by atoms with Crippen molar-refractivity contribution >= 4 is 11.8 Å². The molecule has 0 bridgehead atoms. The van der Waals surface area contributed by atoms with Gasteiger partial charge in [0.25, 0.3) is 0 Å². The molecule has 0 radical (unpaired) electrons. The summed E-state index contributed by atoms with van der Waals surface area (Å²) in [7, 11) is 0. The average Bonchev–Trinajstić information content (AvgIpc) is 2.87. The summed E-state index contributed by atoms with van der Waals surface area (Å²) in [6.45, 7) is 8.02. The molecule has 0 spiro atoms. The smallest absolute Gasteiger partial charge is 0.320 e. The summed E-state index contributed by atoms with van der Waals surface area (Å²) in [5, 5.41) is 10.4. The molecule has 0 aromatic carbocycles. The van der Waals surface area contributed by atoms with E-state index in [4.69, 9.17) is 0 Å². The molecule has 25 heavy (non-hydrogen) atoms. The van der Waals surface area contributed by atoms with Crippen molar-refractivity contribution in [2.24, 2.45) is 0 Å². The van der Waals surface area contributed by atoms with Gasteiger partial charge in [-0.2, -0.15) is 5.10 Å². The van der Waals surface area contributed by atoms with Crippen molar-refractivity contribution in [2.45, 2.75) is 58.5 Å². The summed E-state index contributed by atoms with van der Waals surface area (Å²) in [6, 6.07) is 4.80. The van der Waals surface area contributed by atoms with Gasteiger partial charge >= 0.3 is 6.03 Å². The summed E-state index contributed by atoms with van der Waals surface area (Å²) >= 11 is 0. The van der Waals surface area contributed by atoms with Gasteiger partial charge in [-0.25, -0.2) is 9.48 Å². The Morgan fingerprint density at radius 2 is 2.12 bits per heavy atom. The summed E-state index contributed by atoms with van der Waals surface area (Å²) < 4.78 is 1.81. The van der Waals surface area contributed by atoms with Crippen LogP contribution in [0.25, 0.3) is 0 Å². The Hall–Kier alpha value is -2.57. The standard InChI is InChI=1S/C18H25N5O2/c1-11-10-15(23(22-11)18(2,3)4)21-17(25)20-14-7-5-6-13-12(14)8-9-16(24)19-13/h8-10,14H,5-7H2,1-4H3,(H,19,24)(H2,20,21,25)/t14-/m0/s1. The topological polar surface area (TPSA) is 91.8 Å². The molecule has 1 aliphatic rings. The number of aromatic amines is 1. The second-order valence-electron chi connectivity index (χ2n) is 7.55. The second kappa shape index (κ2) is 6.38. The van der Waals surface area contributed by atoms with Crippen LogP contribution in [0.15, 0.2) is 23.0 Å². The fraction of sp³-hybridized carbons (Fsp3) is 0.500. The number of aryl methyl sites for hydroxylation is 2. The first-order chi connectivity index (χ1) is 11.7. The van der Waals surface area contributed by atoms with E-state index in [9.17, 15) is 9.59 Å². The molecule has 0 fully saturated rings. The van der Waals surface area contributed by atoms with Gasteiger partial charge in [0, 0.05) is 17.8 Å². The van der Waals surface area contributed by atoms with Crippen molar-refractivity contribution in [1.29, 1.82) is 0 Å². The van der Waals surface area contributed by atoms with Gasteiger partial charge in [0.1, 0.15) is 5.82 Å². The Morgan fingerprint density at radius 3 is 2.84 bits per heavy atom. The summed E-state index contributed by atoms with van der Waals surface area (Å²) in [5.74, 6) is 0.667. The van der Waals surface area contributed by atoms with E-state index >= 15 is 0 Å². The van der Waals surface area contributed by atoms with Crippen molar-refractivity contribution in [2.75, 3.05) is 5.32 Å². The van der Waals surface area contributed by atoms with Crippen LogP contribution in [0.1, 0.15) is 56.6 Å². The maximum Gasteiger partial charge on any atom is 0.320 e. The highest BCUT2D eigenvalue weighted by molar-refractivity contribution is 5.88. The molecule has 0 saturated carbocycles. The van der Waals surface area contributed by atoms with Crippen molar-refractivity contribution < 1.29 is 4.79 Å². The predicted molar refractivity (Wildman–Crippen MR) is 96.9 cm³/mol. The molecule has 2 amide bonds. The van der Waals surface area contributed by atoms with E-state index in [0.29, 0.717) is 5.82 Å². The Kier molecular flexibility index (Phi) is 4.41. The van der Waals surface area contributed by atoms with Crippen LogP contribution in [0.5, 0.6) is 0 Å². The minimum absolute atomic E-state index is 0.103. The molecule has 0 saturated heterocycles. The van der Waals surface area contributed by atoms with E-state index in [-0.39, 0.29) is 23.2 Å². The highest BCUT2D eigenvalue weighted by Gasteiger charge is 2.24. The highest BCUT2D eigenvalue weighted by Crippen LogP contribution is 2.28. The molecule has 2 aromatic heterocycles. The maximum absolute atomic E-state index is 12.5. The molecular formula is C18H25N5O2. The zero-order valence-corrected chi connectivity index (χ0v) is 15.1. The fourth-order valence-corrected chi connectivity index (χ4v) is 3.26. The quantitative estimate of drug-likeness (QED) is 0.783. The first-order valence-electron chi connectivity index (χ1n) is 8.61. The van der Waals surface area contributed by atoms with Gasteiger partial charge in [-0.05, 0) is 58.6 Å². The van der Waals surface area contributed by atoms with Gasteiger partial charge in [0.15, 0.2) is 0 Å². The number of carbonyl (C=O) groups excluding carboxylic acids is 1. The number of aromatic nitrogens is 3. The molecule has 2 aromatic rings. The minimum Gasteiger partial charge on any atom is -0.331 e. The molecule has 7 nitrogen and oxygen atoms in total. The monoisotopic (exact) mass is 343 g/mol. The number of anilines is 1. The number of amides is 2. The van der Waals surface area contributed by atoms with E-state index in [1.54, 1.807) is 0 Å². The lowest BCUT2D eigenvalue weighted by atomic mass is 9.91. The van der Waals surface area contributed by atoms with Crippen LogP contribution < -0.4 is 16.2 Å². The average molecular weight is 343 g/mol. The number of hydrogen-bond donors (Lipinski definition) is 3. The van der Waals surface area contributed by atoms with Crippen LogP contribution in [0.2, 0.25) is 0 Å². The van der Waals surface area contributed by atoms with E-state index in [1.165, 1.54) is 6.07 Å². The van der Waals surface area contributed by atoms with Gasteiger partial charge in [-0.3, -0.25) is 10.1 Å². The number of nitrogens with zero attached hydrogens (tertiary/aromatic N) is 2. The number of nitrogens with one attached hydrogen (secondary N) is 3. The first-order valence-corrected chi connectivity index (χ1v) is 8.61. The number of urea groups is 1. The molecule has 1 atom stereocenters. The highest BCUT2D eigenvalue weighted by atomic mass is 16.2. The summed E-state index contributed by atoms with van der Waals surface area (Å²) in [6.07, 6.45) is 2.61. The van der Waals surface area contributed by atoms with E-state index in [0.717, 1.165) is 36.2 Å². The molecule has 3 rings (SSSR count). The molecule has 7 heteroatoms. The molecule has 3 N–H and O–H groups in total. The molecular weight excluding hydrogens is 318 g/mol. The number of rotatable bonds is 2. The third kappa shape index (κ3) is 3.75. The van der Waals surface area contributed by atoms with Gasteiger partial charge in [0.2, 0.25) is 5.56 Å². The third-order valence-electron chi connectivity index (χ3n) is 4.35. The Bertz CT molecular complexity index is 844. The lowest BCUT2D eigenvalue weighted by Gasteiger charge is -2.26. The van der Waals surface area contributed by atoms with E-state index < -0.39 is 0 Å². The summed E-state index contributed by atoms with van der Waals surface area (Å²) in [4.78, 5) is 26.9. The molecule has 0 unspecified atom stereocenters. The Balaban J connectivity index is 1.76. The van der Waals surface area contributed by atoms with Gasteiger partial charge in [0.05, 0.1) is 17.3 Å².